The van der Waals surface area contributed by atoms with E-state index in [0.717, 1.165) is 24.0 Å². The Bertz CT molecular complexity index is 296. The van der Waals surface area contributed by atoms with Gasteiger partial charge in [-0.25, -0.2) is 4.39 Å². The summed E-state index contributed by atoms with van der Waals surface area (Å²) in [4.78, 5) is 0. The lowest BCUT2D eigenvalue weighted by atomic mass is 9.99. The molecule has 0 aliphatic carbocycles. The van der Waals surface area contributed by atoms with Gasteiger partial charge in [-0.05, 0) is 23.6 Å². The molecule has 0 bridgehead atoms. The van der Waals surface area contributed by atoms with Crippen LogP contribution in [0.25, 0.3) is 0 Å². The maximum absolute atomic E-state index is 13.5. The van der Waals surface area contributed by atoms with Crippen LogP contribution < -0.4 is 0 Å². The van der Waals surface area contributed by atoms with E-state index in [2.05, 4.69) is 0 Å². The van der Waals surface area contributed by atoms with Gasteiger partial charge in [0, 0.05) is 12.5 Å². The highest BCUT2D eigenvalue weighted by Crippen LogP contribution is 2.18. The topological polar surface area (TPSA) is 20.2 Å². The van der Waals surface area contributed by atoms with Crippen molar-refractivity contribution in [1.82, 2.24) is 0 Å². The Kier molecular flexibility index (Phi) is 4.08. The summed E-state index contributed by atoms with van der Waals surface area (Å²) < 4.78 is 13.5. The number of hydrogen-bond acceptors (Lipinski definition) is 1. The van der Waals surface area contributed by atoms with Crippen LogP contribution in [0.2, 0.25) is 0 Å². The highest BCUT2D eigenvalue weighted by atomic mass is 19.1. The average molecular weight is 196 g/mol. The van der Waals surface area contributed by atoms with E-state index in [1.165, 1.54) is 6.07 Å². The predicted octanol–water partition coefficient (Wildman–Crippen LogP) is 2.87. The molecule has 1 unspecified atom stereocenters. The molecule has 0 aliphatic rings. The number of aliphatic hydroxyl groups is 1. The van der Waals surface area contributed by atoms with Crippen LogP contribution in [0.1, 0.15) is 37.3 Å². The molecule has 0 aromatic heterocycles. The van der Waals surface area contributed by atoms with Gasteiger partial charge in [0.15, 0.2) is 0 Å². The van der Waals surface area contributed by atoms with Gasteiger partial charge in [-0.1, -0.05) is 32.4 Å². The Balaban J connectivity index is 2.88. The zero-order valence-electron chi connectivity index (χ0n) is 8.76. The second kappa shape index (κ2) is 5.11. The van der Waals surface area contributed by atoms with Crippen molar-refractivity contribution in [3.8, 4) is 0 Å². The fourth-order valence-corrected chi connectivity index (χ4v) is 1.45. The summed E-state index contributed by atoms with van der Waals surface area (Å²) in [7, 11) is 0. The summed E-state index contributed by atoms with van der Waals surface area (Å²) in [6, 6.07) is 5.25. The molecular formula is C12H17FO. The molecule has 0 amide bonds. The van der Waals surface area contributed by atoms with Crippen molar-refractivity contribution < 1.29 is 9.50 Å². The third-order valence-corrected chi connectivity index (χ3v) is 2.44. The lowest BCUT2D eigenvalue weighted by Gasteiger charge is -2.09. The van der Waals surface area contributed by atoms with Gasteiger partial charge in [0.25, 0.3) is 0 Å². The smallest absolute Gasteiger partial charge is 0.126 e. The van der Waals surface area contributed by atoms with Crippen molar-refractivity contribution >= 4 is 0 Å². The molecule has 1 rings (SSSR count). The van der Waals surface area contributed by atoms with Crippen molar-refractivity contribution in [1.29, 1.82) is 0 Å². The molecule has 2 heteroatoms. The Morgan fingerprint density at radius 3 is 2.64 bits per heavy atom. The molecule has 0 aliphatic heterocycles. The number of aliphatic hydroxyl groups excluding tert-OH is 1. The fraction of sp³-hybridized carbons (Fsp3) is 0.500. The maximum Gasteiger partial charge on any atom is 0.126 e. The highest BCUT2D eigenvalue weighted by molar-refractivity contribution is 5.26. The summed E-state index contributed by atoms with van der Waals surface area (Å²) in [5.74, 6) is -0.134. The second-order valence-electron chi connectivity index (χ2n) is 3.68. The largest absolute Gasteiger partial charge is 0.396 e. The van der Waals surface area contributed by atoms with E-state index < -0.39 is 0 Å². The van der Waals surface area contributed by atoms with Gasteiger partial charge in [-0.15, -0.1) is 0 Å². The van der Waals surface area contributed by atoms with Crippen molar-refractivity contribution in [2.24, 2.45) is 0 Å². The highest BCUT2D eigenvalue weighted by Gasteiger charge is 2.07. The molecule has 14 heavy (non-hydrogen) atoms. The van der Waals surface area contributed by atoms with Crippen LogP contribution in [0.5, 0.6) is 0 Å². The molecule has 1 aromatic carbocycles. The molecular weight excluding hydrogens is 179 g/mol. The van der Waals surface area contributed by atoms with Crippen LogP contribution in [0.4, 0.5) is 4.39 Å². The van der Waals surface area contributed by atoms with Crippen molar-refractivity contribution in [3.63, 3.8) is 0 Å². The summed E-state index contributed by atoms with van der Waals surface area (Å²) >= 11 is 0. The van der Waals surface area contributed by atoms with Gasteiger partial charge in [0.1, 0.15) is 5.82 Å². The van der Waals surface area contributed by atoms with Crippen LogP contribution >= 0.6 is 0 Å². The summed E-state index contributed by atoms with van der Waals surface area (Å²) in [6.45, 7) is 3.98. The molecule has 1 aromatic rings. The van der Waals surface area contributed by atoms with Gasteiger partial charge in [0.05, 0.1) is 0 Å². The first kappa shape index (κ1) is 11.2. The van der Waals surface area contributed by atoms with E-state index >= 15 is 0 Å². The standard InChI is InChI=1S/C12H17FO/c1-3-4-10-5-6-11(7-12(10)13)9(2)8-14/h5-7,9,14H,3-4,8H2,1-2H3. The van der Waals surface area contributed by atoms with Crippen LogP contribution in [0, 0.1) is 5.82 Å². The van der Waals surface area contributed by atoms with Gasteiger partial charge in [-0.2, -0.15) is 0 Å². The lowest BCUT2D eigenvalue weighted by Crippen LogP contribution is -2.00. The Labute approximate surface area is 84.6 Å². The molecule has 1 atom stereocenters. The molecule has 0 heterocycles. The molecule has 0 saturated heterocycles. The Hall–Kier alpha value is -0.890. The zero-order chi connectivity index (χ0) is 10.6. The predicted molar refractivity (Wildman–Crippen MR) is 55.9 cm³/mol. The van der Waals surface area contributed by atoms with Gasteiger partial charge in [-0.3, -0.25) is 0 Å². The second-order valence-corrected chi connectivity index (χ2v) is 3.68. The minimum Gasteiger partial charge on any atom is -0.396 e. The van der Waals surface area contributed by atoms with E-state index in [1.807, 2.05) is 26.0 Å². The fourth-order valence-electron chi connectivity index (χ4n) is 1.45. The monoisotopic (exact) mass is 196 g/mol. The van der Waals surface area contributed by atoms with Crippen LogP contribution in [-0.2, 0) is 6.42 Å². The SMILES string of the molecule is CCCc1ccc(C(C)CO)cc1F. The third kappa shape index (κ3) is 2.55. The summed E-state index contributed by atoms with van der Waals surface area (Å²) in [6.07, 6.45) is 1.73. The Morgan fingerprint density at radius 2 is 2.14 bits per heavy atom. The molecule has 78 valence electrons. The van der Waals surface area contributed by atoms with E-state index in [4.69, 9.17) is 5.11 Å². The van der Waals surface area contributed by atoms with E-state index in [-0.39, 0.29) is 18.3 Å². The van der Waals surface area contributed by atoms with E-state index in [9.17, 15) is 4.39 Å². The minimum absolute atomic E-state index is 0.0141. The molecule has 0 saturated carbocycles. The minimum atomic E-state index is -0.148. The van der Waals surface area contributed by atoms with E-state index in [0.29, 0.717) is 0 Å². The van der Waals surface area contributed by atoms with Gasteiger partial charge >= 0.3 is 0 Å². The van der Waals surface area contributed by atoms with Crippen molar-refractivity contribution in [2.75, 3.05) is 6.61 Å². The summed E-state index contributed by atoms with van der Waals surface area (Å²) in [5, 5.41) is 8.93. The van der Waals surface area contributed by atoms with Gasteiger partial charge < -0.3 is 5.11 Å². The number of hydrogen-bond donors (Lipinski definition) is 1. The quantitative estimate of drug-likeness (QED) is 0.785. The van der Waals surface area contributed by atoms with Crippen LogP contribution in [0.15, 0.2) is 18.2 Å². The molecule has 1 nitrogen and oxygen atoms in total. The first-order valence-electron chi connectivity index (χ1n) is 5.08. The molecule has 1 N–H and O–H groups in total. The Morgan fingerprint density at radius 1 is 1.43 bits per heavy atom. The van der Waals surface area contributed by atoms with E-state index in [1.54, 1.807) is 0 Å². The number of benzene rings is 1. The van der Waals surface area contributed by atoms with Crippen molar-refractivity contribution in [3.05, 3.63) is 35.1 Å². The lowest BCUT2D eigenvalue weighted by molar-refractivity contribution is 0.273. The average Bonchev–Trinajstić information content (AvgIpc) is 2.20. The normalized spacial score (nSPS) is 12.9. The van der Waals surface area contributed by atoms with Crippen LogP contribution in [0.3, 0.4) is 0 Å². The number of rotatable bonds is 4. The van der Waals surface area contributed by atoms with Gasteiger partial charge in [0.2, 0.25) is 0 Å². The molecule has 0 spiro atoms. The summed E-state index contributed by atoms with van der Waals surface area (Å²) in [5.41, 5.74) is 1.63. The molecule has 0 fully saturated rings. The maximum atomic E-state index is 13.5. The third-order valence-electron chi connectivity index (χ3n) is 2.44. The van der Waals surface area contributed by atoms with Crippen LogP contribution in [-0.4, -0.2) is 11.7 Å². The molecule has 0 radical (unpaired) electrons. The zero-order valence-corrected chi connectivity index (χ0v) is 8.76. The van der Waals surface area contributed by atoms with Crippen molar-refractivity contribution in [2.45, 2.75) is 32.6 Å². The number of halogens is 1. The first-order valence-corrected chi connectivity index (χ1v) is 5.08. The number of aryl methyl sites for hydroxylation is 1. The first-order chi connectivity index (χ1) is 6.69.